The van der Waals surface area contributed by atoms with Crippen molar-refractivity contribution in [3.63, 3.8) is 0 Å². The summed E-state index contributed by atoms with van der Waals surface area (Å²) in [4.78, 5) is 0. The van der Waals surface area contributed by atoms with E-state index in [1.165, 1.54) is 0 Å². The van der Waals surface area contributed by atoms with E-state index in [0.717, 1.165) is 5.69 Å². The van der Waals surface area contributed by atoms with E-state index in [9.17, 15) is 0 Å². The number of halogens is 3. The van der Waals surface area contributed by atoms with Crippen LogP contribution in [0.3, 0.4) is 0 Å². The molecular weight excluding hydrogens is 296 g/mol. The van der Waals surface area contributed by atoms with Crippen LogP contribution in [0.25, 0.3) is 0 Å². The highest BCUT2D eigenvalue weighted by Crippen LogP contribution is 2.32. The number of rotatable bonds is 3. The second-order valence-corrected chi connectivity index (χ2v) is 4.95. The van der Waals surface area contributed by atoms with Crippen LogP contribution in [0.5, 0.6) is 0 Å². The first kappa shape index (κ1) is 13.6. The Balaban J connectivity index is 2.40. The second kappa shape index (κ2) is 5.45. The highest BCUT2D eigenvalue weighted by molar-refractivity contribution is 6.44. The maximum atomic E-state index is 9.06. The first-order chi connectivity index (χ1) is 8.54. The molecule has 0 spiro atoms. The summed E-state index contributed by atoms with van der Waals surface area (Å²) in [5.74, 6) is 0. The number of nitrogens with zero attached hydrogens (tertiary/aromatic N) is 3. The average Bonchev–Trinajstić information content (AvgIpc) is 2.71. The summed E-state index contributed by atoms with van der Waals surface area (Å²) in [5.41, 5.74) is 1.98. The van der Waals surface area contributed by atoms with Crippen molar-refractivity contribution in [1.29, 1.82) is 0 Å². The predicted octanol–water partition coefficient (Wildman–Crippen LogP) is 3.09. The third kappa shape index (κ3) is 2.47. The lowest BCUT2D eigenvalue weighted by Crippen LogP contribution is -2.05. The Bertz CT molecular complexity index is 583. The molecular formula is C11H10Cl3N3O. The first-order valence-electron chi connectivity index (χ1n) is 5.16. The number of hydrogen-bond donors (Lipinski definition) is 1. The molecule has 96 valence electrons. The van der Waals surface area contributed by atoms with Crippen molar-refractivity contribution >= 4 is 34.8 Å². The Labute approximate surface area is 119 Å². The monoisotopic (exact) mass is 305 g/mol. The first-order valence-corrected chi connectivity index (χ1v) is 6.30. The largest absolute Gasteiger partial charge is 0.390 e. The smallest absolute Gasteiger partial charge is 0.111 e. The highest BCUT2D eigenvalue weighted by atomic mass is 35.5. The number of aliphatic hydroxyl groups is 1. The number of benzene rings is 1. The van der Waals surface area contributed by atoms with Gasteiger partial charge in [-0.15, -0.1) is 5.10 Å². The molecule has 2 aromatic rings. The fraction of sp³-hybridized carbons (Fsp3) is 0.273. The molecule has 1 aromatic carbocycles. The lowest BCUT2D eigenvalue weighted by Gasteiger charge is -2.09. The second-order valence-electron chi connectivity index (χ2n) is 3.76. The molecule has 0 bridgehead atoms. The van der Waals surface area contributed by atoms with Gasteiger partial charge in [0.25, 0.3) is 0 Å². The summed E-state index contributed by atoms with van der Waals surface area (Å²) >= 11 is 18.2. The molecule has 7 heteroatoms. The molecule has 1 N–H and O–H groups in total. The minimum Gasteiger partial charge on any atom is -0.390 e. The van der Waals surface area contributed by atoms with Gasteiger partial charge in [0.1, 0.15) is 5.69 Å². The molecule has 1 heterocycles. The van der Waals surface area contributed by atoms with Gasteiger partial charge in [0.2, 0.25) is 0 Å². The van der Waals surface area contributed by atoms with Crippen LogP contribution in [0.15, 0.2) is 12.1 Å². The SMILES string of the molecule is Cc1c(CO)nnn1Cc1c(Cl)ccc(Cl)c1Cl. The quantitative estimate of drug-likeness (QED) is 0.887. The maximum Gasteiger partial charge on any atom is 0.111 e. The standard InChI is InChI=1S/C11H10Cl3N3O/c1-6-10(5-18)15-16-17(6)4-7-8(12)2-3-9(13)11(7)14/h2-3,18H,4-5H2,1H3. The number of hydrogen-bond acceptors (Lipinski definition) is 3. The van der Waals surface area contributed by atoms with Crippen LogP contribution in [0.2, 0.25) is 15.1 Å². The molecule has 4 nitrogen and oxygen atoms in total. The molecule has 2 rings (SSSR count). The van der Waals surface area contributed by atoms with Crippen molar-refractivity contribution < 1.29 is 5.11 Å². The zero-order valence-corrected chi connectivity index (χ0v) is 11.8. The molecule has 0 saturated heterocycles. The summed E-state index contributed by atoms with van der Waals surface area (Å²) in [5, 5.41) is 18.2. The summed E-state index contributed by atoms with van der Waals surface area (Å²) in [6.07, 6.45) is 0. The van der Waals surface area contributed by atoms with E-state index in [-0.39, 0.29) is 6.61 Å². The Morgan fingerprint density at radius 1 is 1.22 bits per heavy atom. The number of aromatic nitrogens is 3. The van der Waals surface area contributed by atoms with Gasteiger partial charge in [-0.25, -0.2) is 4.68 Å². The van der Waals surface area contributed by atoms with E-state index in [1.807, 2.05) is 6.92 Å². The van der Waals surface area contributed by atoms with Crippen LogP contribution >= 0.6 is 34.8 Å². The van der Waals surface area contributed by atoms with Crippen molar-refractivity contribution in [2.45, 2.75) is 20.1 Å². The van der Waals surface area contributed by atoms with Gasteiger partial charge in [-0.05, 0) is 19.1 Å². The molecule has 0 aliphatic rings. The van der Waals surface area contributed by atoms with Gasteiger partial charge in [-0.1, -0.05) is 40.0 Å². The van der Waals surface area contributed by atoms with Crippen LogP contribution in [0.4, 0.5) is 0 Å². The molecule has 0 amide bonds. The molecule has 18 heavy (non-hydrogen) atoms. The molecule has 0 aliphatic heterocycles. The van der Waals surface area contributed by atoms with Crippen LogP contribution in [-0.2, 0) is 13.2 Å². The zero-order valence-electron chi connectivity index (χ0n) is 9.49. The zero-order chi connectivity index (χ0) is 13.3. The fourth-order valence-corrected chi connectivity index (χ4v) is 2.22. The van der Waals surface area contributed by atoms with Gasteiger partial charge in [0, 0.05) is 10.6 Å². The normalized spacial score (nSPS) is 10.9. The van der Waals surface area contributed by atoms with Crippen molar-refractivity contribution in [3.05, 3.63) is 44.2 Å². The van der Waals surface area contributed by atoms with Gasteiger partial charge in [-0.2, -0.15) is 0 Å². The molecule has 0 aliphatic carbocycles. The van der Waals surface area contributed by atoms with Gasteiger partial charge in [0.15, 0.2) is 0 Å². The van der Waals surface area contributed by atoms with Crippen molar-refractivity contribution in [2.75, 3.05) is 0 Å². The summed E-state index contributed by atoms with van der Waals surface area (Å²) in [7, 11) is 0. The Morgan fingerprint density at radius 3 is 2.50 bits per heavy atom. The van der Waals surface area contributed by atoms with E-state index in [1.54, 1.807) is 16.8 Å². The highest BCUT2D eigenvalue weighted by Gasteiger charge is 2.13. The third-order valence-corrected chi connectivity index (χ3v) is 3.87. The third-order valence-electron chi connectivity index (χ3n) is 2.67. The lowest BCUT2D eigenvalue weighted by molar-refractivity contribution is 0.276. The molecule has 0 atom stereocenters. The minimum absolute atomic E-state index is 0.150. The molecule has 1 aromatic heterocycles. The lowest BCUT2D eigenvalue weighted by atomic mass is 10.2. The summed E-state index contributed by atoms with van der Waals surface area (Å²) < 4.78 is 1.62. The average molecular weight is 307 g/mol. The topological polar surface area (TPSA) is 50.9 Å². The van der Waals surface area contributed by atoms with E-state index in [4.69, 9.17) is 39.9 Å². The maximum absolute atomic E-state index is 9.06. The van der Waals surface area contributed by atoms with Gasteiger partial charge in [0.05, 0.1) is 28.9 Å². The van der Waals surface area contributed by atoms with Gasteiger partial charge >= 0.3 is 0 Å². The van der Waals surface area contributed by atoms with E-state index >= 15 is 0 Å². The predicted molar refractivity (Wildman–Crippen MR) is 71.3 cm³/mol. The van der Waals surface area contributed by atoms with Gasteiger partial charge < -0.3 is 5.11 Å². The molecule has 0 saturated carbocycles. The van der Waals surface area contributed by atoms with E-state index in [0.29, 0.717) is 32.9 Å². The summed E-state index contributed by atoms with van der Waals surface area (Å²) in [6.45, 7) is 2.03. The Morgan fingerprint density at radius 2 is 1.89 bits per heavy atom. The molecule has 0 fully saturated rings. The molecule has 0 radical (unpaired) electrons. The van der Waals surface area contributed by atoms with E-state index < -0.39 is 0 Å². The van der Waals surface area contributed by atoms with Crippen molar-refractivity contribution in [3.8, 4) is 0 Å². The van der Waals surface area contributed by atoms with Crippen molar-refractivity contribution in [2.24, 2.45) is 0 Å². The Hall–Kier alpha value is -0.810. The molecule has 0 unspecified atom stereocenters. The Kier molecular flexibility index (Phi) is 4.12. The van der Waals surface area contributed by atoms with Crippen LogP contribution < -0.4 is 0 Å². The fourth-order valence-electron chi connectivity index (χ4n) is 1.56. The van der Waals surface area contributed by atoms with E-state index in [2.05, 4.69) is 10.3 Å². The van der Waals surface area contributed by atoms with Crippen LogP contribution in [0.1, 0.15) is 17.0 Å². The van der Waals surface area contributed by atoms with Gasteiger partial charge in [-0.3, -0.25) is 0 Å². The minimum atomic E-state index is -0.150. The van der Waals surface area contributed by atoms with Crippen LogP contribution in [-0.4, -0.2) is 20.1 Å². The van der Waals surface area contributed by atoms with Crippen molar-refractivity contribution in [1.82, 2.24) is 15.0 Å². The number of aliphatic hydroxyl groups excluding tert-OH is 1. The van der Waals surface area contributed by atoms with Crippen LogP contribution in [0, 0.1) is 6.92 Å². The summed E-state index contributed by atoms with van der Waals surface area (Å²) in [6, 6.07) is 3.33.